The molecule has 1 amide bonds. The van der Waals surface area contributed by atoms with Gasteiger partial charge in [0, 0.05) is 10.5 Å². The number of hydrogen-bond donors (Lipinski definition) is 2. The Morgan fingerprint density at radius 3 is 2.53 bits per heavy atom. The van der Waals surface area contributed by atoms with Crippen molar-refractivity contribution in [2.24, 2.45) is 5.92 Å². The first-order chi connectivity index (χ1) is 9.04. The van der Waals surface area contributed by atoms with E-state index in [9.17, 15) is 9.59 Å². The zero-order valence-corrected chi connectivity index (χ0v) is 12.0. The lowest BCUT2D eigenvalue weighted by molar-refractivity contribution is -0.141. The lowest BCUT2D eigenvalue weighted by Crippen LogP contribution is -2.34. The number of carbonyl (C=O) groups excluding carboxylic acids is 1. The summed E-state index contributed by atoms with van der Waals surface area (Å²) in [5, 5.41) is 11.8. The van der Waals surface area contributed by atoms with Crippen molar-refractivity contribution < 1.29 is 14.7 Å². The molecule has 19 heavy (non-hydrogen) atoms. The van der Waals surface area contributed by atoms with Crippen LogP contribution in [0.3, 0.4) is 0 Å². The van der Waals surface area contributed by atoms with E-state index in [1.165, 1.54) is 0 Å². The van der Waals surface area contributed by atoms with Crippen molar-refractivity contribution in [2.75, 3.05) is 0 Å². The summed E-state index contributed by atoms with van der Waals surface area (Å²) < 4.78 is 0.983. The van der Waals surface area contributed by atoms with E-state index in [1.807, 2.05) is 24.3 Å². The van der Waals surface area contributed by atoms with Gasteiger partial charge in [-0.3, -0.25) is 9.59 Å². The van der Waals surface area contributed by atoms with E-state index < -0.39 is 5.97 Å². The maximum Gasteiger partial charge on any atom is 0.306 e. The summed E-state index contributed by atoms with van der Waals surface area (Å²) in [6, 6.07) is 7.61. The summed E-state index contributed by atoms with van der Waals surface area (Å²) in [5.41, 5.74) is 0.952. The second-order valence-electron chi connectivity index (χ2n) is 4.92. The topological polar surface area (TPSA) is 66.4 Å². The molecule has 1 aliphatic carbocycles. The summed E-state index contributed by atoms with van der Waals surface area (Å²) in [7, 11) is 0. The van der Waals surface area contributed by atoms with Crippen molar-refractivity contribution in [2.45, 2.75) is 31.7 Å². The van der Waals surface area contributed by atoms with Gasteiger partial charge in [-0.05, 0) is 37.0 Å². The minimum atomic E-state index is -0.760. The Balaban J connectivity index is 1.82. The molecule has 0 spiro atoms. The minimum absolute atomic E-state index is 0.00375. The highest BCUT2D eigenvalue weighted by molar-refractivity contribution is 9.10. The highest BCUT2D eigenvalue weighted by atomic mass is 79.9. The van der Waals surface area contributed by atoms with Crippen LogP contribution >= 0.6 is 15.9 Å². The standard InChI is InChI=1S/C14H16BrNO3/c15-11-4-1-9(2-5-11)7-13(17)16-12-6-3-10(8-12)14(18)19/h1-2,4-5,10,12H,3,6-8H2,(H,16,17)(H,18,19)/t10-,12+/m0/s1. The quantitative estimate of drug-likeness (QED) is 0.893. The third-order valence-electron chi connectivity index (χ3n) is 3.42. The Hall–Kier alpha value is -1.36. The molecule has 1 fully saturated rings. The number of carboxylic acids is 1. The first-order valence-corrected chi connectivity index (χ1v) is 7.10. The van der Waals surface area contributed by atoms with Crippen molar-refractivity contribution in [1.29, 1.82) is 0 Å². The average Bonchev–Trinajstić information content (AvgIpc) is 2.80. The molecule has 4 nitrogen and oxygen atoms in total. The molecule has 1 aromatic carbocycles. The second-order valence-corrected chi connectivity index (χ2v) is 5.83. The van der Waals surface area contributed by atoms with E-state index in [-0.39, 0.29) is 17.9 Å². The van der Waals surface area contributed by atoms with Crippen molar-refractivity contribution in [1.82, 2.24) is 5.32 Å². The first kappa shape index (κ1) is 14.1. The van der Waals surface area contributed by atoms with Crippen molar-refractivity contribution in [3.05, 3.63) is 34.3 Å². The zero-order chi connectivity index (χ0) is 13.8. The van der Waals surface area contributed by atoms with Gasteiger partial charge in [-0.1, -0.05) is 28.1 Å². The molecule has 2 N–H and O–H groups in total. The maximum atomic E-state index is 11.9. The van der Waals surface area contributed by atoms with Gasteiger partial charge >= 0.3 is 5.97 Å². The normalized spacial score (nSPS) is 22.2. The molecule has 2 rings (SSSR count). The highest BCUT2D eigenvalue weighted by Crippen LogP contribution is 2.25. The number of aliphatic carboxylic acids is 1. The molecule has 2 atom stereocenters. The fraction of sp³-hybridized carbons (Fsp3) is 0.429. The Kier molecular flexibility index (Phi) is 4.58. The predicted octanol–water partition coefficient (Wildman–Crippen LogP) is 2.36. The third kappa shape index (κ3) is 4.06. The van der Waals surface area contributed by atoms with Crippen LogP contribution in [0.5, 0.6) is 0 Å². The van der Waals surface area contributed by atoms with Gasteiger partial charge in [0.2, 0.25) is 5.91 Å². The third-order valence-corrected chi connectivity index (χ3v) is 3.95. The van der Waals surface area contributed by atoms with Crippen LogP contribution in [-0.4, -0.2) is 23.0 Å². The van der Waals surface area contributed by atoms with Gasteiger partial charge < -0.3 is 10.4 Å². The summed E-state index contributed by atoms with van der Waals surface area (Å²) in [5.74, 6) is -1.11. The average molecular weight is 326 g/mol. The number of benzene rings is 1. The van der Waals surface area contributed by atoms with E-state index in [1.54, 1.807) is 0 Å². The van der Waals surface area contributed by atoms with E-state index >= 15 is 0 Å². The van der Waals surface area contributed by atoms with E-state index in [2.05, 4.69) is 21.2 Å². The predicted molar refractivity (Wildman–Crippen MR) is 74.8 cm³/mol. The molecular weight excluding hydrogens is 310 g/mol. The van der Waals surface area contributed by atoms with Crippen LogP contribution in [0.25, 0.3) is 0 Å². The number of halogens is 1. The second kappa shape index (κ2) is 6.19. The number of carboxylic acid groups (broad SMARTS) is 1. The van der Waals surface area contributed by atoms with Crippen LogP contribution in [-0.2, 0) is 16.0 Å². The van der Waals surface area contributed by atoms with Crippen LogP contribution in [0, 0.1) is 5.92 Å². The number of hydrogen-bond acceptors (Lipinski definition) is 2. The summed E-state index contributed by atoms with van der Waals surface area (Å²) >= 11 is 3.35. The molecular formula is C14H16BrNO3. The Bertz CT molecular complexity index is 472. The monoisotopic (exact) mass is 325 g/mol. The molecule has 1 aliphatic rings. The SMILES string of the molecule is O=C(Cc1ccc(Br)cc1)N[C@@H]1CC[C@H](C(=O)O)C1. The summed E-state index contributed by atoms with van der Waals surface area (Å²) in [6.07, 6.45) is 2.28. The molecule has 0 bridgehead atoms. The number of nitrogens with one attached hydrogen (secondary N) is 1. The highest BCUT2D eigenvalue weighted by Gasteiger charge is 2.30. The maximum absolute atomic E-state index is 11.9. The van der Waals surface area contributed by atoms with Gasteiger partial charge in [-0.15, -0.1) is 0 Å². The molecule has 0 unspecified atom stereocenters. The van der Waals surface area contributed by atoms with Gasteiger partial charge in [-0.25, -0.2) is 0 Å². The van der Waals surface area contributed by atoms with Gasteiger partial charge in [0.05, 0.1) is 12.3 Å². The minimum Gasteiger partial charge on any atom is -0.481 e. The smallest absolute Gasteiger partial charge is 0.306 e. The number of amides is 1. The van der Waals surface area contributed by atoms with Crippen molar-refractivity contribution in [3.63, 3.8) is 0 Å². The Morgan fingerprint density at radius 2 is 1.95 bits per heavy atom. The molecule has 0 aliphatic heterocycles. The van der Waals surface area contributed by atoms with E-state index in [0.717, 1.165) is 16.5 Å². The molecule has 1 aromatic rings. The van der Waals surface area contributed by atoms with Crippen molar-refractivity contribution >= 4 is 27.8 Å². The molecule has 0 saturated heterocycles. The molecule has 0 heterocycles. The van der Waals surface area contributed by atoms with Gasteiger partial charge in [-0.2, -0.15) is 0 Å². The fourth-order valence-corrected chi connectivity index (χ4v) is 2.67. The van der Waals surface area contributed by atoms with Crippen molar-refractivity contribution in [3.8, 4) is 0 Å². The van der Waals surface area contributed by atoms with Gasteiger partial charge in [0.1, 0.15) is 0 Å². The van der Waals surface area contributed by atoms with E-state index in [0.29, 0.717) is 19.3 Å². The number of rotatable bonds is 4. The first-order valence-electron chi connectivity index (χ1n) is 6.31. The summed E-state index contributed by atoms with van der Waals surface area (Å²) in [4.78, 5) is 22.7. The lowest BCUT2D eigenvalue weighted by Gasteiger charge is -2.12. The van der Waals surface area contributed by atoms with Crippen LogP contribution in [0.1, 0.15) is 24.8 Å². The fourth-order valence-electron chi connectivity index (χ4n) is 2.40. The molecule has 102 valence electrons. The lowest BCUT2D eigenvalue weighted by atomic mass is 10.1. The zero-order valence-electron chi connectivity index (χ0n) is 10.4. The van der Waals surface area contributed by atoms with E-state index in [4.69, 9.17) is 5.11 Å². The number of carbonyl (C=O) groups is 2. The Labute approximate surface area is 120 Å². The van der Waals surface area contributed by atoms with Gasteiger partial charge in [0.25, 0.3) is 0 Å². The molecule has 0 radical (unpaired) electrons. The molecule has 1 saturated carbocycles. The summed E-state index contributed by atoms with van der Waals surface area (Å²) in [6.45, 7) is 0. The molecule has 0 aromatic heterocycles. The molecule has 5 heteroatoms. The Morgan fingerprint density at radius 1 is 1.26 bits per heavy atom. The van der Waals surface area contributed by atoms with Crippen LogP contribution in [0.15, 0.2) is 28.7 Å². The van der Waals surface area contributed by atoms with Crippen LogP contribution in [0.4, 0.5) is 0 Å². The van der Waals surface area contributed by atoms with Gasteiger partial charge in [0.15, 0.2) is 0 Å². The van der Waals surface area contributed by atoms with Crippen LogP contribution in [0.2, 0.25) is 0 Å². The van der Waals surface area contributed by atoms with Crippen LogP contribution < -0.4 is 5.32 Å². The largest absolute Gasteiger partial charge is 0.481 e.